The van der Waals surface area contributed by atoms with Gasteiger partial charge in [0.25, 0.3) is 10.0 Å². The first-order chi connectivity index (χ1) is 12.5. The van der Waals surface area contributed by atoms with Crippen LogP contribution in [-0.2, 0) is 10.0 Å². The summed E-state index contributed by atoms with van der Waals surface area (Å²) in [5, 5.41) is 20.3. The van der Waals surface area contributed by atoms with E-state index < -0.39 is 10.0 Å². The number of benzene rings is 2. The van der Waals surface area contributed by atoms with Crippen molar-refractivity contribution in [3.63, 3.8) is 0 Å². The Morgan fingerprint density at radius 1 is 0.923 bits per heavy atom. The molecule has 0 aliphatic heterocycles. The Morgan fingerprint density at radius 2 is 1.58 bits per heavy atom. The van der Waals surface area contributed by atoms with Crippen molar-refractivity contribution >= 4 is 38.9 Å². The standard InChI is InChI=1S/C17H12ClN5O2S/c18-13-5-7-14(8-6-13)26(24,25)23-17-10-9-16(21-22-17)20-15-4-2-1-3-12(15)11-19/h1-10H,(H,20,21)(H,22,23). The van der Waals surface area contributed by atoms with Gasteiger partial charge in [0.05, 0.1) is 16.1 Å². The first-order valence-electron chi connectivity index (χ1n) is 7.36. The predicted octanol–water partition coefficient (Wildman–Crippen LogP) is 3.55. The van der Waals surface area contributed by atoms with Gasteiger partial charge in [-0.05, 0) is 48.5 Å². The molecular formula is C17H12ClN5O2S. The number of anilines is 3. The molecule has 7 nitrogen and oxygen atoms in total. The van der Waals surface area contributed by atoms with E-state index in [2.05, 4.69) is 26.3 Å². The van der Waals surface area contributed by atoms with Crippen molar-refractivity contribution in [3.8, 4) is 6.07 Å². The Morgan fingerprint density at radius 3 is 2.23 bits per heavy atom. The van der Waals surface area contributed by atoms with Crippen LogP contribution >= 0.6 is 11.6 Å². The van der Waals surface area contributed by atoms with Crippen molar-refractivity contribution in [2.45, 2.75) is 4.90 Å². The van der Waals surface area contributed by atoms with E-state index in [4.69, 9.17) is 16.9 Å². The lowest BCUT2D eigenvalue weighted by Crippen LogP contribution is -2.14. The number of hydrogen-bond acceptors (Lipinski definition) is 6. The first-order valence-corrected chi connectivity index (χ1v) is 9.22. The van der Waals surface area contributed by atoms with Gasteiger partial charge in [0.15, 0.2) is 11.6 Å². The molecule has 0 aliphatic rings. The molecule has 0 bridgehead atoms. The van der Waals surface area contributed by atoms with Crippen LogP contribution in [0.5, 0.6) is 0 Å². The molecule has 0 amide bonds. The molecule has 0 radical (unpaired) electrons. The van der Waals surface area contributed by atoms with Crippen LogP contribution in [0, 0.1) is 11.3 Å². The topological polar surface area (TPSA) is 108 Å². The normalized spacial score (nSPS) is 10.8. The van der Waals surface area contributed by atoms with Crippen LogP contribution in [0.25, 0.3) is 0 Å². The maximum atomic E-state index is 12.3. The molecule has 2 aromatic carbocycles. The minimum absolute atomic E-state index is 0.0637. The van der Waals surface area contributed by atoms with Crippen LogP contribution in [0.4, 0.5) is 17.3 Å². The summed E-state index contributed by atoms with van der Waals surface area (Å²) in [6.45, 7) is 0. The van der Waals surface area contributed by atoms with Crippen LogP contribution in [0.15, 0.2) is 65.6 Å². The molecule has 3 rings (SSSR count). The van der Waals surface area contributed by atoms with Gasteiger partial charge in [0.1, 0.15) is 6.07 Å². The van der Waals surface area contributed by atoms with E-state index in [0.29, 0.717) is 22.1 Å². The summed E-state index contributed by atoms with van der Waals surface area (Å²) in [7, 11) is -3.79. The zero-order valence-electron chi connectivity index (χ0n) is 13.2. The minimum atomic E-state index is -3.79. The summed E-state index contributed by atoms with van der Waals surface area (Å²) < 4.78 is 26.9. The molecule has 9 heteroatoms. The molecule has 0 aliphatic carbocycles. The van der Waals surface area contributed by atoms with Crippen LogP contribution in [-0.4, -0.2) is 18.6 Å². The molecule has 130 valence electrons. The molecule has 0 unspecified atom stereocenters. The van der Waals surface area contributed by atoms with E-state index in [9.17, 15) is 8.42 Å². The molecule has 0 fully saturated rings. The summed E-state index contributed by atoms with van der Waals surface area (Å²) in [4.78, 5) is 0.0637. The number of rotatable bonds is 5. The number of sulfonamides is 1. The number of nitrogens with zero attached hydrogens (tertiary/aromatic N) is 3. The summed E-state index contributed by atoms with van der Waals surface area (Å²) in [6, 6.07) is 17.8. The molecule has 3 aromatic rings. The van der Waals surface area contributed by atoms with E-state index in [0.717, 1.165) is 0 Å². The molecule has 1 heterocycles. The third-order valence-electron chi connectivity index (χ3n) is 3.34. The smallest absolute Gasteiger partial charge is 0.263 e. The van der Waals surface area contributed by atoms with E-state index in [1.165, 1.54) is 30.3 Å². The summed E-state index contributed by atoms with van der Waals surface area (Å²) >= 11 is 5.76. The SMILES string of the molecule is N#Cc1ccccc1Nc1ccc(NS(=O)(=O)c2ccc(Cl)cc2)nn1. The second-order valence-corrected chi connectivity index (χ2v) is 7.26. The molecule has 0 saturated heterocycles. The van der Waals surface area contributed by atoms with Gasteiger partial charge in [-0.15, -0.1) is 10.2 Å². The first kappa shape index (κ1) is 17.7. The molecule has 0 atom stereocenters. The summed E-state index contributed by atoms with van der Waals surface area (Å²) in [6.07, 6.45) is 0. The quantitative estimate of drug-likeness (QED) is 0.695. The average Bonchev–Trinajstić information content (AvgIpc) is 2.64. The molecule has 0 spiro atoms. The molecule has 2 N–H and O–H groups in total. The fourth-order valence-electron chi connectivity index (χ4n) is 2.09. The number of hydrogen-bond donors (Lipinski definition) is 2. The van der Waals surface area contributed by atoms with Crippen molar-refractivity contribution in [3.05, 3.63) is 71.2 Å². The minimum Gasteiger partial charge on any atom is -0.338 e. The fraction of sp³-hybridized carbons (Fsp3) is 0. The maximum Gasteiger partial charge on any atom is 0.263 e. The van der Waals surface area contributed by atoms with Crippen molar-refractivity contribution in [1.29, 1.82) is 5.26 Å². The van der Waals surface area contributed by atoms with Crippen molar-refractivity contribution in [1.82, 2.24) is 10.2 Å². The van der Waals surface area contributed by atoms with E-state index in [1.807, 2.05) is 0 Å². The zero-order chi connectivity index (χ0) is 18.6. The Bertz CT molecular complexity index is 1060. The molecule has 26 heavy (non-hydrogen) atoms. The van der Waals surface area contributed by atoms with Gasteiger partial charge < -0.3 is 5.32 Å². The van der Waals surface area contributed by atoms with E-state index in [1.54, 1.807) is 30.3 Å². The second kappa shape index (κ2) is 7.39. The zero-order valence-corrected chi connectivity index (χ0v) is 14.8. The highest BCUT2D eigenvalue weighted by atomic mass is 35.5. The van der Waals surface area contributed by atoms with Gasteiger partial charge in [-0.1, -0.05) is 23.7 Å². The highest BCUT2D eigenvalue weighted by Crippen LogP contribution is 2.20. The second-order valence-electron chi connectivity index (χ2n) is 5.15. The largest absolute Gasteiger partial charge is 0.338 e. The van der Waals surface area contributed by atoms with Crippen molar-refractivity contribution in [2.75, 3.05) is 10.0 Å². The van der Waals surface area contributed by atoms with Crippen molar-refractivity contribution in [2.24, 2.45) is 0 Å². The van der Waals surface area contributed by atoms with Crippen LogP contribution < -0.4 is 10.0 Å². The van der Waals surface area contributed by atoms with E-state index >= 15 is 0 Å². The molecule has 1 aromatic heterocycles. The van der Waals surface area contributed by atoms with Crippen molar-refractivity contribution < 1.29 is 8.42 Å². The van der Waals surface area contributed by atoms with E-state index in [-0.39, 0.29) is 10.7 Å². The molecular weight excluding hydrogens is 374 g/mol. The number of para-hydroxylation sites is 1. The highest BCUT2D eigenvalue weighted by molar-refractivity contribution is 7.92. The Balaban J connectivity index is 1.75. The third-order valence-corrected chi connectivity index (χ3v) is 4.96. The number of nitrogens with one attached hydrogen (secondary N) is 2. The Labute approximate surface area is 155 Å². The predicted molar refractivity (Wildman–Crippen MR) is 98.7 cm³/mol. The summed E-state index contributed by atoms with van der Waals surface area (Å²) in [5.74, 6) is 0.446. The Hall–Kier alpha value is -3.15. The van der Waals surface area contributed by atoms with Gasteiger partial charge in [0, 0.05) is 5.02 Å². The van der Waals surface area contributed by atoms with Gasteiger partial charge >= 0.3 is 0 Å². The third kappa shape index (κ3) is 4.08. The van der Waals surface area contributed by atoms with Crippen LogP contribution in [0.3, 0.4) is 0 Å². The highest BCUT2D eigenvalue weighted by Gasteiger charge is 2.15. The maximum absolute atomic E-state index is 12.3. The van der Waals surface area contributed by atoms with Crippen LogP contribution in [0.1, 0.15) is 5.56 Å². The van der Waals surface area contributed by atoms with Gasteiger partial charge in [-0.3, -0.25) is 4.72 Å². The fourth-order valence-corrected chi connectivity index (χ4v) is 3.21. The monoisotopic (exact) mass is 385 g/mol. The van der Waals surface area contributed by atoms with Gasteiger partial charge in [0.2, 0.25) is 0 Å². The molecule has 0 saturated carbocycles. The Kier molecular flexibility index (Phi) is 5.02. The van der Waals surface area contributed by atoms with Gasteiger partial charge in [-0.2, -0.15) is 5.26 Å². The lowest BCUT2D eigenvalue weighted by molar-refractivity contribution is 0.601. The number of aromatic nitrogens is 2. The average molecular weight is 386 g/mol. The summed E-state index contributed by atoms with van der Waals surface area (Å²) in [5.41, 5.74) is 1.04. The lowest BCUT2D eigenvalue weighted by Gasteiger charge is -2.09. The van der Waals surface area contributed by atoms with Gasteiger partial charge in [-0.25, -0.2) is 8.42 Å². The van der Waals surface area contributed by atoms with Crippen LogP contribution in [0.2, 0.25) is 5.02 Å². The lowest BCUT2D eigenvalue weighted by atomic mass is 10.2. The number of nitriles is 1. The number of halogens is 1.